The number of benzene rings is 4. The number of nitro groups is 1. The topological polar surface area (TPSA) is 149 Å². The lowest BCUT2D eigenvalue weighted by atomic mass is 10.1. The lowest BCUT2D eigenvalue weighted by Crippen LogP contribution is -2.18. The van der Waals surface area contributed by atoms with Gasteiger partial charge in [-0.2, -0.15) is 5.10 Å². The number of nitro benzene ring substituents is 1. The average molecular weight is 573 g/mol. The molecule has 2 N–H and O–H groups in total. The van der Waals surface area contributed by atoms with E-state index in [1.54, 1.807) is 54.6 Å². The molecule has 4 rings (SSSR count). The molecule has 0 aliphatic heterocycles. The molecule has 206 valence electrons. The minimum absolute atomic E-state index is 0.132. The second-order valence-electron chi connectivity index (χ2n) is 8.34. The highest BCUT2D eigenvalue weighted by molar-refractivity contribution is 6.30. The summed E-state index contributed by atoms with van der Waals surface area (Å²) in [6.07, 6.45) is 1.38. The van der Waals surface area contributed by atoms with Crippen LogP contribution in [0, 0.1) is 10.1 Å². The third-order valence-electron chi connectivity index (χ3n) is 5.57. The summed E-state index contributed by atoms with van der Waals surface area (Å²) in [6.45, 7) is 0. The van der Waals surface area contributed by atoms with Gasteiger partial charge in [0.15, 0.2) is 11.5 Å². The molecule has 2 amide bonds. The fourth-order valence-corrected chi connectivity index (χ4v) is 3.63. The molecule has 0 aliphatic carbocycles. The number of non-ortho nitro benzene ring substituents is 1. The van der Waals surface area contributed by atoms with Crippen LogP contribution < -0.4 is 20.2 Å². The summed E-state index contributed by atoms with van der Waals surface area (Å²) < 4.78 is 10.7. The van der Waals surface area contributed by atoms with Gasteiger partial charge in [0.1, 0.15) is 0 Å². The van der Waals surface area contributed by atoms with E-state index in [1.807, 2.05) is 0 Å². The standard InChI is InChI=1S/C29H21ClN4O7/c1-40-26-15-18(5-14-25(26)41-29(37)20-6-10-22(30)11-7-20)17-31-33-28(36)21-3-2-4-23(16-21)32-27(35)19-8-12-24(13-9-19)34(38)39/h2-17H,1H3,(H,32,35)(H,33,36). The molecule has 4 aromatic rings. The molecule has 0 saturated heterocycles. The minimum Gasteiger partial charge on any atom is -0.493 e. The maximum Gasteiger partial charge on any atom is 0.343 e. The smallest absolute Gasteiger partial charge is 0.343 e. The predicted octanol–water partition coefficient (Wildman–Crippen LogP) is 5.49. The van der Waals surface area contributed by atoms with E-state index >= 15 is 0 Å². The lowest BCUT2D eigenvalue weighted by molar-refractivity contribution is -0.384. The number of halogens is 1. The van der Waals surface area contributed by atoms with Gasteiger partial charge >= 0.3 is 5.97 Å². The Kier molecular flexibility index (Phi) is 9.02. The van der Waals surface area contributed by atoms with Crippen LogP contribution in [-0.4, -0.2) is 36.0 Å². The maximum atomic E-state index is 12.6. The first-order chi connectivity index (χ1) is 19.7. The molecule has 0 bridgehead atoms. The molecule has 12 heteroatoms. The van der Waals surface area contributed by atoms with Crippen molar-refractivity contribution in [3.8, 4) is 11.5 Å². The number of nitrogens with zero attached hydrogens (tertiary/aromatic N) is 2. The molecule has 0 unspecified atom stereocenters. The van der Waals surface area contributed by atoms with E-state index in [-0.39, 0.29) is 28.3 Å². The van der Waals surface area contributed by atoms with Crippen molar-refractivity contribution in [2.24, 2.45) is 5.10 Å². The second kappa shape index (κ2) is 13.0. The van der Waals surface area contributed by atoms with E-state index in [0.717, 1.165) is 0 Å². The van der Waals surface area contributed by atoms with Gasteiger partial charge in [-0.25, -0.2) is 10.2 Å². The number of ether oxygens (including phenoxy) is 2. The number of esters is 1. The van der Waals surface area contributed by atoms with Gasteiger partial charge in [-0.05, 0) is 78.4 Å². The van der Waals surface area contributed by atoms with Crippen LogP contribution >= 0.6 is 11.6 Å². The van der Waals surface area contributed by atoms with Crippen molar-refractivity contribution in [2.45, 2.75) is 0 Å². The van der Waals surface area contributed by atoms with Crippen LogP contribution in [0.5, 0.6) is 11.5 Å². The molecule has 0 aromatic heterocycles. The van der Waals surface area contributed by atoms with E-state index in [0.29, 0.717) is 21.8 Å². The first-order valence-corrected chi connectivity index (χ1v) is 12.3. The Bertz CT molecular complexity index is 1640. The van der Waals surface area contributed by atoms with Gasteiger partial charge in [-0.3, -0.25) is 19.7 Å². The van der Waals surface area contributed by atoms with Crippen molar-refractivity contribution in [1.82, 2.24) is 5.43 Å². The van der Waals surface area contributed by atoms with Crippen LogP contribution in [0.4, 0.5) is 11.4 Å². The first-order valence-electron chi connectivity index (χ1n) is 11.9. The number of carbonyl (C=O) groups excluding carboxylic acids is 3. The van der Waals surface area contributed by atoms with Gasteiger partial charge in [0, 0.05) is 34.0 Å². The number of carbonyl (C=O) groups is 3. The fraction of sp³-hybridized carbons (Fsp3) is 0.0345. The highest BCUT2D eigenvalue weighted by Crippen LogP contribution is 2.28. The van der Waals surface area contributed by atoms with Gasteiger partial charge in [0.25, 0.3) is 17.5 Å². The van der Waals surface area contributed by atoms with Crippen molar-refractivity contribution in [2.75, 3.05) is 12.4 Å². The Hall–Kier alpha value is -5.55. The minimum atomic E-state index is -0.584. The predicted molar refractivity (Wildman–Crippen MR) is 152 cm³/mol. The molecule has 0 atom stereocenters. The Morgan fingerprint density at radius 3 is 2.24 bits per heavy atom. The summed E-state index contributed by atoms with van der Waals surface area (Å²) in [5.41, 5.74) is 3.94. The Labute approximate surface area is 238 Å². The molecule has 0 fully saturated rings. The third-order valence-corrected chi connectivity index (χ3v) is 5.82. The van der Waals surface area contributed by atoms with Crippen molar-refractivity contribution >= 4 is 47.0 Å². The normalized spacial score (nSPS) is 10.6. The highest BCUT2D eigenvalue weighted by Gasteiger charge is 2.14. The van der Waals surface area contributed by atoms with Crippen LogP contribution in [-0.2, 0) is 0 Å². The van der Waals surface area contributed by atoms with Crippen LogP contribution in [0.25, 0.3) is 0 Å². The van der Waals surface area contributed by atoms with Crippen LogP contribution in [0.1, 0.15) is 36.6 Å². The van der Waals surface area contributed by atoms with Crippen molar-refractivity contribution < 1.29 is 28.8 Å². The monoisotopic (exact) mass is 572 g/mol. The Morgan fingerprint density at radius 1 is 0.854 bits per heavy atom. The molecule has 0 radical (unpaired) electrons. The van der Waals surface area contributed by atoms with Gasteiger partial charge in [0.2, 0.25) is 0 Å². The molecule has 0 spiro atoms. The SMILES string of the molecule is COc1cc(C=NNC(=O)c2cccc(NC(=O)c3ccc([N+](=O)[O-])cc3)c2)ccc1OC(=O)c1ccc(Cl)cc1. The number of rotatable bonds is 9. The number of anilines is 1. The van der Waals surface area contributed by atoms with Gasteiger partial charge in [-0.15, -0.1) is 0 Å². The molecule has 0 saturated carbocycles. The summed E-state index contributed by atoms with van der Waals surface area (Å²) in [6, 6.07) is 22.3. The number of methoxy groups -OCH3 is 1. The zero-order chi connectivity index (χ0) is 29.4. The molecule has 0 heterocycles. The molecule has 4 aromatic carbocycles. The van der Waals surface area contributed by atoms with Crippen molar-refractivity contribution in [3.05, 3.63) is 128 Å². The summed E-state index contributed by atoms with van der Waals surface area (Å²) in [4.78, 5) is 47.7. The first kappa shape index (κ1) is 28.5. The molecule has 41 heavy (non-hydrogen) atoms. The summed E-state index contributed by atoms with van der Waals surface area (Å²) >= 11 is 5.85. The number of hydrazone groups is 1. The largest absolute Gasteiger partial charge is 0.493 e. The molecule has 11 nitrogen and oxygen atoms in total. The zero-order valence-corrected chi connectivity index (χ0v) is 22.1. The number of amides is 2. The summed E-state index contributed by atoms with van der Waals surface area (Å²) in [7, 11) is 1.42. The maximum absolute atomic E-state index is 12.6. The van der Waals surface area contributed by atoms with Gasteiger partial charge in [0.05, 0.1) is 23.8 Å². The van der Waals surface area contributed by atoms with Crippen LogP contribution in [0.3, 0.4) is 0 Å². The van der Waals surface area contributed by atoms with Crippen molar-refractivity contribution in [3.63, 3.8) is 0 Å². The molecule has 0 aliphatic rings. The number of nitrogens with one attached hydrogen (secondary N) is 2. The Balaban J connectivity index is 1.36. The highest BCUT2D eigenvalue weighted by atomic mass is 35.5. The van der Waals surface area contributed by atoms with E-state index in [9.17, 15) is 24.5 Å². The summed E-state index contributed by atoms with van der Waals surface area (Å²) in [5.74, 6) is -1.14. The molecular weight excluding hydrogens is 552 g/mol. The van der Waals surface area contributed by atoms with Gasteiger partial charge in [-0.1, -0.05) is 17.7 Å². The zero-order valence-electron chi connectivity index (χ0n) is 21.4. The van der Waals surface area contributed by atoms with Crippen LogP contribution in [0.15, 0.2) is 96.1 Å². The van der Waals surface area contributed by atoms with Gasteiger partial charge < -0.3 is 14.8 Å². The van der Waals surface area contributed by atoms with Crippen LogP contribution in [0.2, 0.25) is 5.02 Å². The second-order valence-corrected chi connectivity index (χ2v) is 8.78. The fourth-order valence-electron chi connectivity index (χ4n) is 3.50. The Morgan fingerprint density at radius 2 is 1.56 bits per heavy atom. The number of hydrogen-bond acceptors (Lipinski definition) is 8. The van der Waals surface area contributed by atoms with E-state index < -0.39 is 22.7 Å². The summed E-state index contributed by atoms with van der Waals surface area (Å²) in [5, 5.41) is 17.9. The van der Waals surface area contributed by atoms with E-state index in [1.165, 1.54) is 49.7 Å². The van der Waals surface area contributed by atoms with E-state index in [4.69, 9.17) is 21.1 Å². The van der Waals surface area contributed by atoms with Crippen molar-refractivity contribution in [1.29, 1.82) is 0 Å². The average Bonchev–Trinajstić information content (AvgIpc) is 2.98. The quantitative estimate of drug-likeness (QED) is 0.0884. The lowest BCUT2D eigenvalue weighted by Gasteiger charge is -2.10. The van der Waals surface area contributed by atoms with E-state index in [2.05, 4.69) is 15.8 Å². The third kappa shape index (κ3) is 7.52. The number of hydrogen-bond donors (Lipinski definition) is 2. The molecular formula is C29H21ClN4O7.